The Balaban J connectivity index is 4.22. The van der Waals surface area contributed by atoms with E-state index in [1.54, 1.807) is 14.0 Å². The molecule has 0 aliphatic rings. The Labute approximate surface area is 88.0 Å². The van der Waals surface area contributed by atoms with Crippen molar-refractivity contribution in [3.63, 3.8) is 0 Å². The lowest BCUT2D eigenvalue weighted by Crippen LogP contribution is -2.28. The second kappa shape index (κ2) is 6.18. The van der Waals surface area contributed by atoms with Crippen LogP contribution in [0.5, 0.6) is 0 Å². The molecule has 0 aromatic carbocycles. The largest absolute Gasteiger partial charge is 0.384 e. The van der Waals surface area contributed by atoms with Gasteiger partial charge in [-0.25, -0.2) is 0 Å². The standard InChI is InChI=1S/C12H24O2/c1-8(7-14-6)9(2)10(3)11(4)12(5)13/h8-11H,7H2,1-6H3. The van der Waals surface area contributed by atoms with E-state index in [1.807, 2.05) is 6.92 Å². The van der Waals surface area contributed by atoms with Gasteiger partial charge in [-0.3, -0.25) is 4.79 Å². The summed E-state index contributed by atoms with van der Waals surface area (Å²) < 4.78 is 5.13. The van der Waals surface area contributed by atoms with Crippen LogP contribution in [-0.2, 0) is 9.53 Å². The van der Waals surface area contributed by atoms with Gasteiger partial charge in [0.2, 0.25) is 0 Å². The van der Waals surface area contributed by atoms with Crippen molar-refractivity contribution >= 4 is 5.78 Å². The number of carbonyl (C=O) groups excluding carboxylic acids is 1. The molecule has 0 heterocycles. The van der Waals surface area contributed by atoms with Crippen molar-refractivity contribution in [3.05, 3.63) is 0 Å². The summed E-state index contributed by atoms with van der Waals surface area (Å²) in [6, 6.07) is 0. The van der Waals surface area contributed by atoms with Crippen LogP contribution in [0.4, 0.5) is 0 Å². The highest BCUT2D eigenvalue weighted by molar-refractivity contribution is 5.78. The summed E-state index contributed by atoms with van der Waals surface area (Å²) in [5, 5.41) is 0. The Bertz CT molecular complexity index is 177. The maximum atomic E-state index is 11.2. The van der Waals surface area contributed by atoms with Gasteiger partial charge in [-0.2, -0.15) is 0 Å². The summed E-state index contributed by atoms with van der Waals surface area (Å²) >= 11 is 0. The summed E-state index contributed by atoms with van der Waals surface area (Å²) in [4.78, 5) is 11.2. The van der Waals surface area contributed by atoms with Crippen LogP contribution in [0.2, 0.25) is 0 Å². The maximum Gasteiger partial charge on any atom is 0.132 e. The van der Waals surface area contributed by atoms with E-state index < -0.39 is 0 Å². The van der Waals surface area contributed by atoms with Gasteiger partial charge in [0.25, 0.3) is 0 Å². The van der Waals surface area contributed by atoms with Gasteiger partial charge in [0.1, 0.15) is 5.78 Å². The van der Waals surface area contributed by atoms with E-state index in [2.05, 4.69) is 20.8 Å². The minimum absolute atomic E-state index is 0.157. The molecule has 84 valence electrons. The van der Waals surface area contributed by atoms with Crippen molar-refractivity contribution in [1.29, 1.82) is 0 Å². The first-order valence-electron chi connectivity index (χ1n) is 5.41. The fraction of sp³-hybridized carbons (Fsp3) is 0.917. The molecule has 0 saturated carbocycles. The van der Waals surface area contributed by atoms with Crippen LogP contribution in [0.3, 0.4) is 0 Å². The first-order chi connectivity index (χ1) is 6.41. The van der Waals surface area contributed by atoms with Gasteiger partial charge in [-0.1, -0.05) is 27.7 Å². The smallest absolute Gasteiger partial charge is 0.132 e. The van der Waals surface area contributed by atoms with Crippen LogP contribution in [0, 0.1) is 23.7 Å². The molecule has 0 fully saturated rings. The molecule has 0 radical (unpaired) electrons. The van der Waals surface area contributed by atoms with Gasteiger partial charge < -0.3 is 4.74 Å². The molecule has 0 rings (SSSR count). The molecule has 2 nitrogen and oxygen atoms in total. The first kappa shape index (κ1) is 13.6. The van der Waals surface area contributed by atoms with Gasteiger partial charge in [0.05, 0.1) is 0 Å². The number of hydrogen-bond acceptors (Lipinski definition) is 2. The highest BCUT2D eigenvalue weighted by Gasteiger charge is 2.25. The zero-order chi connectivity index (χ0) is 11.3. The van der Waals surface area contributed by atoms with Gasteiger partial charge in [-0.15, -0.1) is 0 Å². The van der Waals surface area contributed by atoms with E-state index in [1.165, 1.54) is 0 Å². The number of hydrogen-bond donors (Lipinski definition) is 0. The Morgan fingerprint density at radius 1 is 1.14 bits per heavy atom. The predicted molar refractivity (Wildman–Crippen MR) is 59.2 cm³/mol. The van der Waals surface area contributed by atoms with E-state index in [4.69, 9.17) is 4.74 Å². The molecule has 0 amide bonds. The Morgan fingerprint density at radius 3 is 2.00 bits per heavy atom. The second-order valence-electron chi connectivity index (χ2n) is 4.55. The number of rotatable bonds is 6. The fourth-order valence-corrected chi connectivity index (χ4v) is 1.76. The molecular formula is C12H24O2. The topological polar surface area (TPSA) is 26.3 Å². The van der Waals surface area contributed by atoms with Crippen LogP contribution in [0.25, 0.3) is 0 Å². The van der Waals surface area contributed by atoms with Crippen molar-refractivity contribution in [2.75, 3.05) is 13.7 Å². The molecular weight excluding hydrogens is 176 g/mol. The molecule has 0 aliphatic carbocycles. The molecule has 0 aromatic rings. The summed E-state index contributed by atoms with van der Waals surface area (Å²) in [6.45, 7) is 11.0. The van der Waals surface area contributed by atoms with Crippen LogP contribution in [0.1, 0.15) is 34.6 Å². The van der Waals surface area contributed by atoms with E-state index in [0.717, 1.165) is 6.61 Å². The van der Waals surface area contributed by atoms with E-state index in [9.17, 15) is 4.79 Å². The lowest BCUT2D eigenvalue weighted by Gasteiger charge is -2.29. The second-order valence-corrected chi connectivity index (χ2v) is 4.55. The molecule has 4 atom stereocenters. The maximum absolute atomic E-state index is 11.2. The minimum atomic E-state index is 0.157. The zero-order valence-electron chi connectivity index (χ0n) is 10.3. The third-order valence-electron chi connectivity index (χ3n) is 3.59. The van der Waals surface area contributed by atoms with Crippen LogP contribution < -0.4 is 0 Å². The lowest BCUT2D eigenvalue weighted by molar-refractivity contribution is -0.122. The molecule has 0 aromatic heterocycles. The number of carbonyl (C=O) groups is 1. The molecule has 4 unspecified atom stereocenters. The Morgan fingerprint density at radius 2 is 1.64 bits per heavy atom. The molecule has 0 spiro atoms. The first-order valence-corrected chi connectivity index (χ1v) is 5.41. The van der Waals surface area contributed by atoms with Gasteiger partial charge >= 0.3 is 0 Å². The number of ether oxygens (including phenoxy) is 1. The van der Waals surface area contributed by atoms with E-state index in [-0.39, 0.29) is 11.7 Å². The number of Topliss-reactive ketones (excluding diaryl/α,β-unsaturated/α-hetero) is 1. The van der Waals surface area contributed by atoms with Crippen LogP contribution in [0.15, 0.2) is 0 Å². The summed E-state index contributed by atoms with van der Waals surface area (Å²) in [5.74, 6) is 1.90. The van der Waals surface area contributed by atoms with Crippen molar-refractivity contribution < 1.29 is 9.53 Å². The highest BCUT2D eigenvalue weighted by Crippen LogP contribution is 2.27. The van der Waals surface area contributed by atoms with Crippen molar-refractivity contribution in [3.8, 4) is 0 Å². The third kappa shape index (κ3) is 3.79. The third-order valence-corrected chi connectivity index (χ3v) is 3.59. The van der Waals surface area contributed by atoms with Gasteiger partial charge in [0.15, 0.2) is 0 Å². The van der Waals surface area contributed by atoms with Crippen molar-refractivity contribution in [2.45, 2.75) is 34.6 Å². The van der Waals surface area contributed by atoms with E-state index in [0.29, 0.717) is 17.8 Å². The molecule has 0 aliphatic heterocycles. The average molecular weight is 200 g/mol. The highest BCUT2D eigenvalue weighted by atomic mass is 16.5. The normalized spacial score (nSPS) is 19.9. The molecule has 0 saturated heterocycles. The van der Waals surface area contributed by atoms with Gasteiger partial charge in [0, 0.05) is 19.6 Å². The molecule has 0 N–H and O–H groups in total. The number of methoxy groups -OCH3 is 1. The van der Waals surface area contributed by atoms with Crippen LogP contribution >= 0.6 is 0 Å². The van der Waals surface area contributed by atoms with Crippen molar-refractivity contribution in [1.82, 2.24) is 0 Å². The minimum Gasteiger partial charge on any atom is -0.384 e. The van der Waals surface area contributed by atoms with Gasteiger partial charge in [-0.05, 0) is 24.7 Å². The summed E-state index contributed by atoms with van der Waals surface area (Å²) in [5.41, 5.74) is 0. The molecule has 0 bridgehead atoms. The SMILES string of the molecule is COCC(C)C(C)C(C)C(C)C(C)=O. The Kier molecular flexibility index (Phi) is 6.01. The number of ketones is 1. The molecule has 14 heavy (non-hydrogen) atoms. The Hall–Kier alpha value is -0.370. The zero-order valence-corrected chi connectivity index (χ0v) is 10.3. The van der Waals surface area contributed by atoms with E-state index >= 15 is 0 Å². The quantitative estimate of drug-likeness (QED) is 0.659. The lowest BCUT2D eigenvalue weighted by atomic mass is 9.77. The molecule has 2 heteroatoms. The monoisotopic (exact) mass is 200 g/mol. The average Bonchev–Trinajstić information content (AvgIpc) is 2.14. The van der Waals surface area contributed by atoms with Crippen molar-refractivity contribution in [2.24, 2.45) is 23.7 Å². The predicted octanol–water partition coefficient (Wildman–Crippen LogP) is 2.77. The summed E-state index contributed by atoms with van der Waals surface area (Å²) in [7, 11) is 1.72. The fourth-order valence-electron chi connectivity index (χ4n) is 1.76. The summed E-state index contributed by atoms with van der Waals surface area (Å²) in [6.07, 6.45) is 0. The van der Waals surface area contributed by atoms with Crippen LogP contribution in [-0.4, -0.2) is 19.5 Å².